The summed E-state index contributed by atoms with van der Waals surface area (Å²) in [6, 6.07) is 8.09. The minimum atomic E-state index is 0.0554. The zero-order valence-electron chi connectivity index (χ0n) is 12.0. The van der Waals surface area contributed by atoms with E-state index in [0.717, 1.165) is 24.2 Å². The second kappa shape index (κ2) is 6.05. The normalized spacial score (nSPS) is 21.4. The molecule has 3 rings (SSSR count). The molecule has 21 heavy (non-hydrogen) atoms. The first-order valence-corrected chi connectivity index (χ1v) is 7.18. The summed E-state index contributed by atoms with van der Waals surface area (Å²) in [4.78, 5) is 16.1. The molecule has 0 radical (unpaired) electrons. The number of hydrogen-bond acceptors (Lipinski definition) is 4. The Labute approximate surface area is 123 Å². The van der Waals surface area contributed by atoms with E-state index < -0.39 is 0 Å². The van der Waals surface area contributed by atoms with E-state index in [-0.39, 0.29) is 17.9 Å². The zero-order chi connectivity index (χ0) is 14.7. The van der Waals surface area contributed by atoms with Gasteiger partial charge < -0.3 is 10.6 Å². The third-order valence-electron chi connectivity index (χ3n) is 3.89. The van der Waals surface area contributed by atoms with Crippen molar-refractivity contribution in [3.63, 3.8) is 0 Å². The van der Waals surface area contributed by atoms with Crippen molar-refractivity contribution < 1.29 is 4.79 Å². The van der Waals surface area contributed by atoms with E-state index in [0.29, 0.717) is 6.54 Å². The number of amides is 1. The van der Waals surface area contributed by atoms with Crippen LogP contribution in [0.15, 0.2) is 36.9 Å². The molecule has 2 aromatic rings. The molecule has 1 fully saturated rings. The van der Waals surface area contributed by atoms with Crippen LogP contribution in [0.25, 0.3) is 0 Å². The van der Waals surface area contributed by atoms with Crippen molar-refractivity contribution in [3.8, 4) is 0 Å². The molecule has 0 saturated carbocycles. The summed E-state index contributed by atoms with van der Waals surface area (Å²) in [5.41, 5.74) is 1.95. The number of benzene rings is 1. The molecule has 1 amide bonds. The predicted octanol–water partition coefficient (Wildman–Crippen LogP) is 1.26. The first-order valence-electron chi connectivity index (χ1n) is 7.18. The summed E-state index contributed by atoms with van der Waals surface area (Å²) in [6.45, 7) is 3.65. The van der Waals surface area contributed by atoms with E-state index in [1.165, 1.54) is 6.33 Å². The fourth-order valence-electron chi connectivity index (χ4n) is 2.65. The Balaban J connectivity index is 1.60. The van der Waals surface area contributed by atoms with Crippen LogP contribution in [0.1, 0.15) is 18.9 Å². The lowest BCUT2D eigenvalue weighted by Crippen LogP contribution is -2.32. The number of nitrogens with zero attached hydrogens (tertiary/aromatic N) is 3. The lowest BCUT2D eigenvalue weighted by molar-refractivity contribution is -0.119. The third-order valence-corrected chi connectivity index (χ3v) is 3.89. The molecule has 2 unspecified atom stereocenters. The quantitative estimate of drug-likeness (QED) is 0.887. The Morgan fingerprint density at radius 2 is 2.24 bits per heavy atom. The highest BCUT2D eigenvalue weighted by molar-refractivity contribution is 5.93. The van der Waals surface area contributed by atoms with E-state index >= 15 is 0 Å². The van der Waals surface area contributed by atoms with Gasteiger partial charge in [-0.3, -0.25) is 4.79 Å². The van der Waals surface area contributed by atoms with Crippen LogP contribution in [-0.4, -0.2) is 33.3 Å². The molecule has 0 bridgehead atoms. The van der Waals surface area contributed by atoms with Gasteiger partial charge in [0.1, 0.15) is 12.7 Å². The van der Waals surface area contributed by atoms with E-state index in [2.05, 4.69) is 27.6 Å². The van der Waals surface area contributed by atoms with Crippen molar-refractivity contribution >= 4 is 11.6 Å². The van der Waals surface area contributed by atoms with Crippen LogP contribution in [0, 0.1) is 5.92 Å². The van der Waals surface area contributed by atoms with Crippen LogP contribution >= 0.6 is 0 Å². The van der Waals surface area contributed by atoms with Crippen LogP contribution < -0.4 is 10.6 Å². The van der Waals surface area contributed by atoms with Gasteiger partial charge in [-0.1, -0.05) is 12.1 Å². The van der Waals surface area contributed by atoms with Crippen molar-refractivity contribution in [2.24, 2.45) is 5.92 Å². The lowest BCUT2D eigenvalue weighted by Gasteiger charge is -2.15. The molecule has 2 atom stereocenters. The summed E-state index contributed by atoms with van der Waals surface area (Å²) in [6.07, 6.45) is 4.10. The summed E-state index contributed by atoms with van der Waals surface area (Å²) in [5.74, 6) is 0.149. The van der Waals surface area contributed by atoms with Gasteiger partial charge in [0.25, 0.3) is 0 Å². The molecule has 1 aromatic carbocycles. The maximum Gasteiger partial charge on any atom is 0.229 e. The van der Waals surface area contributed by atoms with Crippen LogP contribution in [0.2, 0.25) is 0 Å². The standard InChI is InChI=1S/C15H19N5O/c1-11-14(6-7-17-11)15(21)19-13-4-2-12(3-5-13)8-20-10-16-9-18-20/h2-5,9-11,14,17H,6-8H2,1H3,(H,19,21). The van der Waals surface area contributed by atoms with E-state index in [9.17, 15) is 4.79 Å². The van der Waals surface area contributed by atoms with Crippen LogP contribution in [0.3, 0.4) is 0 Å². The molecule has 0 aliphatic carbocycles. The summed E-state index contributed by atoms with van der Waals surface area (Å²) in [7, 11) is 0. The van der Waals surface area contributed by atoms with Gasteiger partial charge >= 0.3 is 0 Å². The summed E-state index contributed by atoms with van der Waals surface area (Å²) in [5, 5.41) is 10.4. The van der Waals surface area contributed by atoms with Gasteiger partial charge in [-0.05, 0) is 37.6 Å². The van der Waals surface area contributed by atoms with Gasteiger partial charge in [0.05, 0.1) is 12.5 Å². The minimum absolute atomic E-state index is 0.0554. The van der Waals surface area contributed by atoms with Crippen molar-refractivity contribution in [1.82, 2.24) is 20.1 Å². The van der Waals surface area contributed by atoms with Gasteiger partial charge in [0.2, 0.25) is 5.91 Å². The molecule has 2 N–H and O–H groups in total. The molecular weight excluding hydrogens is 266 g/mol. The highest BCUT2D eigenvalue weighted by Gasteiger charge is 2.29. The molecule has 110 valence electrons. The third kappa shape index (κ3) is 3.28. The van der Waals surface area contributed by atoms with Gasteiger partial charge in [0.15, 0.2) is 0 Å². The largest absolute Gasteiger partial charge is 0.326 e. The molecule has 1 saturated heterocycles. The van der Waals surface area contributed by atoms with Gasteiger partial charge in [-0.15, -0.1) is 0 Å². The Kier molecular flexibility index (Phi) is 3.96. The number of rotatable bonds is 4. The lowest BCUT2D eigenvalue weighted by atomic mass is 10.0. The monoisotopic (exact) mass is 285 g/mol. The number of anilines is 1. The molecule has 1 aromatic heterocycles. The maximum absolute atomic E-state index is 12.2. The molecule has 0 spiro atoms. The zero-order valence-corrected chi connectivity index (χ0v) is 12.0. The molecular formula is C15H19N5O. The SMILES string of the molecule is CC1NCCC1C(=O)Nc1ccc(Cn2cncn2)cc1. The van der Waals surface area contributed by atoms with Crippen molar-refractivity contribution in [1.29, 1.82) is 0 Å². The number of hydrogen-bond donors (Lipinski definition) is 2. The topological polar surface area (TPSA) is 71.8 Å². The molecule has 6 heteroatoms. The van der Waals surface area contributed by atoms with Crippen molar-refractivity contribution in [2.75, 3.05) is 11.9 Å². The minimum Gasteiger partial charge on any atom is -0.326 e. The molecule has 6 nitrogen and oxygen atoms in total. The smallest absolute Gasteiger partial charge is 0.229 e. The van der Waals surface area contributed by atoms with Gasteiger partial charge in [0, 0.05) is 11.7 Å². The first kappa shape index (κ1) is 13.8. The van der Waals surface area contributed by atoms with E-state index in [1.807, 2.05) is 24.3 Å². The summed E-state index contributed by atoms with van der Waals surface area (Å²) >= 11 is 0. The predicted molar refractivity (Wildman–Crippen MR) is 79.8 cm³/mol. The maximum atomic E-state index is 12.2. The Bertz CT molecular complexity index is 593. The van der Waals surface area contributed by atoms with Gasteiger partial charge in [-0.2, -0.15) is 5.10 Å². The summed E-state index contributed by atoms with van der Waals surface area (Å²) < 4.78 is 1.76. The van der Waals surface area contributed by atoms with Crippen LogP contribution in [0.4, 0.5) is 5.69 Å². The Morgan fingerprint density at radius 1 is 1.43 bits per heavy atom. The van der Waals surface area contributed by atoms with Crippen LogP contribution in [-0.2, 0) is 11.3 Å². The fraction of sp³-hybridized carbons (Fsp3) is 0.400. The number of aromatic nitrogens is 3. The van der Waals surface area contributed by atoms with E-state index in [4.69, 9.17) is 0 Å². The van der Waals surface area contributed by atoms with E-state index in [1.54, 1.807) is 11.0 Å². The molecule has 1 aliphatic heterocycles. The second-order valence-electron chi connectivity index (χ2n) is 5.42. The molecule has 1 aliphatic rings. The highest BCUT2D eigenvalue weighted by atomic mass is 16.1. The van der Waals surface area contributed by atoms with Crippen LogP contribution in [0.5, 0.6) is 0 Å². The number of nitrogens with one attached hydrogen (secondary N) is 2. The van der Waals surface area contributed by atoms with Crippen molar-refractivity contribution in [3.05, 3.63) is 42.5 Å². The highest BCUT2D eigenvalue weighted by Crippen LogP contribution is 2.18. The number of carbonyl (C=O) groups excluding carboxylic acids is 1. The second-order valence-corrected chi connectivity index (χ2v) is 5.42. The fourth-order valence-corrected chi connectivity index (χ4v) is 2.65. The number of carbonyl (C=O) groups is 1. The van der Waals surface area contributed by atoms with Gasteiger partial charge in [-0.25, -0.2) is 9.67 Å². The Hall–Kier alpha value is -2.21. The average molecular weight is 285 g/mol. The Morgan fingerprint density at radius 3 is 2.86 bits per heavy atom. The molecule has 2 heterocycles. The first-order chi connectivity index (χ1) is 10.2. The average Bonchev–Trinajstić information content (AvgIpc) is 3.12. The van der Waals surface area contributed by atoms with Crippen molar-refractivity contribution in [2.45, 2.75) is 25.9 Å².